The van der Waals surface area contributed by atoms with Gasteiger partial charge in [-0.3, -0.25) is 0 Å². The summed E-state index contributed by atoms with van der Waals surface area (Å²) in [5.41, 5.74) is 1.17. The minimum Gasteiger partial charge on any atom is -0.314 e. The van der Waals surface area contributed by atoms with E-state index >= 15 is 0 Å². The van der Waals surface area contributed by atoms with Gasteiger partial charge in [0.25, 0.3) is 0 Å². The Hall–Kier alpha value is -0.910. The zero-order chi connectivity index (χ0) is 13.7. The van der Waals surface area contributed by atoms with E-state index in [2.05, 4.69) is 10.0 Å². The molecule has 2 N–H and O–H groups in total. The van der Waals surface area contributed by atoms with E-state index in [1.54, 1.807) is 12.1 Å². The molecule has 4 nitrogen and oxygen atoms in total. The van der Waals surface area contributed by atoms with Gasteiger partial charge in [0.1, 0.15) is 0 Å². The predicted molar refractivity (Wildman–Crippen MR) is 76.7 cm³/mol. The fourth-order valence-corrected chi connectivity index (χ4v) is 3.00. The van der Waals surface area contributed by atoms with Crippen LogP contribution in [0.2, 0.25) is 0 Å². The van der Waals surface area contributed by atoms with Crippen molar-refractivity contribution in [1.29, 1.82) is 0 Å². The summed E-state index contributed by atoms with van der Waals surface area (Å²) in [7, 11) is -3.33. The molecule has 106 valence electrons. The summed E-state index contributed by atoms with van der Waals surface area (Å²) in [6.45, 7) is 3.39. The molecule has 1 aromatic carbocycles. The standard InChI is InChI=1S/C14H22N2O2S/c1-2-10-16-19(17,18)14-7-3-12(4-8-14)9-11-15-13-5-6-13/h3-4,7-8,13,15-16H,2,5-6,9-11H2,1H3. The number of rotatable bonds is 8. The third-order valence-electron chi connectivity index (χ3n) is 3.20. The van der Waals surface area contributed by atoms with E-state index in [0.717, 1.165) is 25.4 Å². The smallest absolute Gasteiger partial charge is 0.240 e. The first-order valence-corrected chi connectivity index (χ1v) is 8.42. The zero-order valence-electron chi connectivity index (χ0n) is 11.4. The second kappa shape index (κ2) is 6.50. The molecule has 0 saturated heterocycles. The van der Waals surface area contributed by atoms with Crippen molar-refractivity contribution in [2.24, 2.45) is 0 Å². The minimum atomic E-state index is -3.33. The van der Waals surface area contributed by atoms with E-state index < -0.39 is 10.0 Å². The van der Waals surface area contributed by atoms with Crippen LogP contribution < -0.4 is 10.0 Å². The highest BCUT2D eigenvalue weighted by atomic mass is 32.2. The number of benzene rings is 1. The number of nitrogens with one attached hydrogen (secondary N) is 2. The number of hydrogen-bond acceptors (Lipinski definition) is 3. The second-order valence-electron chi connectivity index (χ2n) is 5.02. The van der Waals surface area contributed by atoms with Crippen LogP contribution in [0.15, 0.2) is 29.2 Å². The summed E-state index contributed by atoms with van der Waals surface area (Å²) in [5, 5.41) is 3.45. The van der Waals surface area contributed by atoms with E-state index in [1.807, 2.05) is 19.1 Å². The highest BCUT2D eigenvalue weighted by molar-refractivity contribution is 7.89. The molecule has 0 bridgehead atoms. The van der Waals surface area contributed by atoms with Gasteiger partial charge in [-0.25, -0.2) is 13.1 Å². The molecule has 0 aliphatic heterocycles. The Labute approximate surface area is 115 Å². The lowest BCUT2D eigenvalue weighted by atomic mass is 10.1. The van der Waals surface area contributed by atoms with Gasteiger partial charge in [0, 0.05) is 12.6 Å². The van der Waals surface area contributed by atoms with Crippen LogP contribution in [0.5, 0.6) is 0 Å². The lowest BCUT2D eigenvalue weighted by Gasteiger charge is -2.07. The normalized spacial score (nSPS) is 15.6. The van der Waals surface area contributed by atoms with Crippen molar-refractivity contribution in [1.82, 2.24) is 10.0 Å². The zero-order valence-corrected chi connectivity index (χ0v) is 12.2. The summed E-state index contributed by atoms with van der Waals surface area (Å²) in [6.07, 6.45) is 4.32. The maximum Gasteiger partial charge on any atom is 0.240 e. The molecule has 0 amide bonds. The lowest BCUT2D eigenvalue weighted by Crippen LogP contribution is -2.24. The Bertz CT molecular complexity index is 493. The van der Waals surface area contributed by atoms with Crippen LogP contribution in [-0.2, 0) is 16.4 Å². The first kappa shape index (κ1) is 14.5. The molecule has 1 aliphatic carbocycles. The van der Waals surface area contributed by atoms with Crippen molar-refractivity contribution in [3.05, 3.63) is 29.8 Å². The molecule has 2 rings (SSSR count). The van der Waals surface area contributed by atoms with Gasteiger partial charge in [0.05, 0.1) is 4.90 Å². The number of hydrogen-bond donors (Lipinski definition) is 2. The summed E-state index contributed by atoms with van der Waals surface area (Å²) in [6, 6.07) is 7.89. The van der Waals surface area contributed by atoms with Crippen molar-refractivity contribution in [2.45, 2.75) is 43.5 Å². The van der Waals surface area contributed by atoms with Crippen molar-refractivity contribution in [3.63, 3.8) is 0 Å². The van der Waals surface area contributed by atoms with Crippen LogP contribution in [0.4, 0.5) is 0 Å². The fraction of sp³-hybridized carbons (Fsp3) is 0.571. The average molecular weight is 282 g/mol. The van der Waals surface area contributed by atoms with E-state index in [4.69, 9.17) is 0 Å². The van der Waals surface area contributed by atoms with E-state index in [9.17, 15) is 8.42 Å². The van der Waals surface area contributed by atoms with Gasteiger partial charge < -0.3 is 5.32 Å². The van der Waals surface area contributed by atoms with Crippen LogP contribution in [-0.4, -0.2) is 27.5 Å². The quantitative estimate of drug-likeness (QED) is 0.762. The Morgan fingerprint density at radius 2 is 1.84 bits per heavy atom. The topological polar surface area (TPSA) is 58.2 Å². The van der Waals surface area contributed by atoms with Crippen molar-refractivity contribution < 1.29 is 8.42 Å². The van der Waals surface area contributed by atoms with E-state index in [1.165, 1.54) is 18.4 Å². The van der Waals surface area contributed by atoms with Gasteiger partial charge in [-0.1, -0.05) is 19.1 Å². The Morgan fingerprint density at radius 1 is 1.16 bits per heavy atom. The van der Waals surface area contributed by atoms with Crippen LogP contribution in [0.3, 0.4) is 0 Å². The van der Waals surface area contributed by atoms with Gasteiger partial charge in [-0.2, -0.15) is 0 Å². The van der Waals surface area contributed by atoms with Crippen LogP contribution >= 0.6 is 0 Å². The van der Waals surface area contributed by atoms with Gasteiger partial charge >= 0.3 is 0 Å². The van der Waals surface area contributed by atoms with Crippen LogP contribution in [0.1, 0.15) is 31.7 Å². The van der Waals surface area contributed by atoms with Crippen molar-refractivity contribution in [2.75, 3.05) is 13.1 Å². The van der Waals surface area contributed by atoms with Crippen LogP contribution in [0.25, 0.3) is 0 Å². The highest BCUT2D eigenvalue weighted by Gasteiger charge is 2.19. The number of sulfonamides is 1. The first-order chi connectivity index (χ1) is 9.12. The Morgan fingerprint density at radius 3 is 2.42 bits per heavy atom. The molecule has 0 atom stereocenters. The molecule has 0 unspecified atom stereocenters. The monoisotopic (exact) mass is 282 g/mol. The highest BCUT2D eigenvalue weighted by Crippen LogP contribution is 2.18. The van der Waals surface area contributed by atoms with E-state index in [-0.39, 0.29) is 0 Å². The molecule has 19 heavy (non-hydrogen) atoms. The van der Waals surface area contributed by atoms with Gasteiger partial charge in [-0.05, 0) is 49.9 Å². The first-order valence-electron chi connectivity index (χ1n) is 6.94. The maximum absolute atomic E-state index is 11.9. The second-order valence-corrected chi connectivity index (χ2v) is 6.79. The lowest BCUT2D eigenvalue weighted by molar-refractivity contribution is 0.581. The van der Waals surface area contributed by atoms with Gasteiger partial charge in [0.2, 0.25) is 10.0 Å². The third-order valence-corrected chi connectivity index (χ3v) is 4.68. The molecule has 0 spiro atoms. The molecule has 1 aromatic rings. The minimum absolute atomic E-state index is 0.347. The molecule has 1 fully saturated rings. The third kappa shape index (κ3) is 4.60. The van der Waals surface area contributed by atoms with Crippen molar-refractivity contribution >= 4 is 10.0 Å². The molecular formula is C14H22N2O2S. The molecular weight excluding hydrogens is 260 g/mol. The maximum atomic E-state index is 11.9. The van der Waals surface area contributed by atoms with Gasteiger partial charge in [-0.15, -0.1) is 0 Å². The summed E-state index contributed by atoms with van der Waals surface area (Å²) in [5.74, 6) is 0. The molecule has 1 saturated carbocycles. The summed E-state index contributed by atoms with van der Waals surface area (Å²) < 4.78 is 26.4. The average Bonchev–Trinajstić information content (AvgIpc) is 3.21. The molecule has 0 radical (unpaired) electrons. The Kier molecular flexibility index (Phi) is 4.96. The summed E-state index contributed by atoms with van der Waals surface area (Å²) >= 11 is 0. The molecule has 1 aliphatic rings. The largest absolute Gasteiger partial charge is 0.314 e. The van der Waals surface area contributed by atoms with E-state index in [0.29, 0.717) is 11.4 Å². The van der Waals surface area contributed by atoms with Gasteiger partial charge in [0.15, 0.2) is 0 Å². The Balaban J connectivity index is 1.89. The molecule has 5 heteroatoms. The summed E-state index contributed by atoms with van der Waals surface area (Å²) in [4.78, 5) is 0.347. The van der Waals surface area contributed by atoms with Crippen molar-refractivity contribution in [3.8, 4) is 0 Å². The predicted octanol–water partition coefficient (Wildman–Crippen LogP) is 1.67. The molecule has 0 heterocycles. The fourth-order valence-electron chi connectivity index (χ4n) is 1.86. The van der Waals surface area contributed by atoms with Crippen LogP contribution in [0, 0.1) is 0 Å². The SMILES string of the molecule is CCCNS(=O)(=O)c1ccc(CCNC2CC2)cc1. The molecule has 0 aromatic heterocycles.